The van der Waals surface area contributed by atoms with E-state index >= 15 is 0 Å². The molecule has 0 aromatic heterocycles. The molecule has 1 amide bonds. The van der Waals surface area contributed by atoms with Crippen LogP contribution in [0.5, 0.6) is 5.75 Å². The normalized spacial score (nSPS) is 12.6. The fourth-order valence-electron chi connectivity index (χ4n) is 1.17. The van der Waals surface area contributed by atoms with Crippen LogP contribution in [0.3, 0.4) is 0 Å². The highest BCUT2D eigenvalue weighted by molar-refractivity contribution is 5.93. The molecule has 0 fully saturated rings. The zero-order valence-corrected chi connectivity index (χ0v) is 9.35. The van der Waals surface area contributed by atoms with Crippen LogP contribution in [0.4, 0.5) is 30.7 Å². The van der Waals surface area contributed by atoms with Gasteiger partial charge in [-0.3, -0.25) is 4.79 Å². The summed E-state index contributed by atoms with van der Waals surface area (Å²) in [6.07, 6.45) is -14.3. The first-order valence-corrected chi connectivity index (χ1v) is 4.80. The van der Waals surface area contributed by atoms with Gasteiger partial charge < -0.3 is 10.5 Å². The Morgan fingerprint density at radius 3 is 2.05 bits per heavy atom. The van der Waals surface area contributed by atoms with E-state index in [0.717, 1.165) is 0 Å². The third kappa shape index (κ3) is 3.75. The largest absolute Gasteiger partial charge is 0.461 e. The summed E-state index contributed by atoms with van der Waals surface area (Å²) >= 11 is 0. The number of amides is 1. The van der Waals surface area contributed by atoms with Crippen molar-refractivity contribution in [3.63, 3.8) is 0 Å². The lowest BCUT2D eigenvalue weighted by Gasteiger charge is -2.18. The van der Waals surface area contributed by atoms with Gasteiger partial charge >= 0.3 is 18.7 Å². The Bertz CT molecular complexity index is 513. The smallest absolute Gasteiger partial charge is 0.428 e. The number of halogens is 7. The SMILES string of the molecule is NC(=O)c1cc(OC(F)(F)C(F)F)cc(C(F)(F)F)c1. The Kier molecular flexibility index (Phi) is 4.15. The van der Waals surface area contributed by atoms with E-state index in [4.69, 9.17) is 5.73 Å². The molecule has 0 heterocycles. The summed E-state index contributed by atoms with van der Waals surface area (Å²) in [4.78, 5) is 10.8. The van der Waals surface area contributed by atoms with Crippen LogP contribution in [0.1, 0.15) is 15.9 Å². The van der Waals surface area contributed by atoms with E-state index in [0.29, 0.717) is 6.07 Å². The van der Waals surface area contributed by atoms with E-state index in [2.05, 4.69) is 4.74 Å². The van der Waals surface area contributed by atoms with Gasteiger partial charge in [0.1, 0.15) is 5.75 Å². The third-order valence-corrected chi connectivity index (χ3v) is 2.03. The van der Waals surface area contributed by atoms with E-state index in [1.165, 1.54) is 0 Å². The molecule has 0 atom stereocenters. The first-order valence-electron chi connectivity index (χ1n) is 4.80. The number of alkyl halides is 7. The van der Waals surface area contributed by atoms with E-state index in [1.54, 1.807) is 0 Å². The molecule has 0 radical (unpaired) electrons. The molecule has 10 heteroatoms. The number of ether oxygens (including phenoxy) is 1. The maximum absolute atomic E-state index is 12.6. The van der Waals surface area contributed by atoms with Gasteiger partial charge in [-0.05, 0) is 18.2 Å². The number of carbonyl (C=O) groups is 1. The second kappa shape index (κ2) is 5.17. The van der Waals surface area contributed by atoms with E-state index < -0.39 is 41.5 Å². The fraction of sp³-hybridized carbons (Fsp3) is 0.300. The van der Waals surface area contributed by atoms with Gasteiger partial charge in [0.2, 0.25) is 5.91 Å². The van der Waals surface area contributed by atoms with Crippen LogP contribution in [0.2, 0.25) is 0 Å². The number of rotatable bonds is 4. The van der Waals surface area contributed by atoms with Crippen LogP contribution in [-0.4, -0.2) is 18.4 Å². The first-order chi connectivity index (χ1) is 8.93. The minimum atomic E-state index is -5.00. The lowest BCUT2D eigenvalue weighted by Crippen LogP contribution is -2.33. The third-order valence-electron chi connectivity index (χ3n) is 2.03. The van der Waals surface area contributed by atoms with Crippen LogP contribution in [0, 0.1) is 0 Å². The molecule has 0 aliphatic carbocycles. The molecular formula is C10H6F7NO2. The standard InChI is InChI=1S/C10H6F7NO2/c11-8(12)10(16,17)20-6-2-4(7(18)19)1-5(3-6)9(13,14)15/h1-3,8H,(H2,18,19). The summed E-state index contributed by atoms with van der Waals surface area (Å²) in [7, 11) is 0. The van der Waals surface area contributed by atoms with Crippen molar-refractivity contribution in [3.05, 3.63) is 29.3 Å². The van der Waals surface area contributed by atoms with Crippen molar-refractivity contribution in [2.75, 3.05) is 0 Å². The van der Waals surface area contributed by atoms with Gasteiger partial charge in [-0.1, -0.05) is 0 Å². The van der Waals surface area contributed by atoms with Gasteiger partial charge in [0.15, 0.2) is 0 Å². The van der Waals surface area contributed by atoms with Crippen molar-refractivity contribution in [1.29, 1.82) is 0 Å². The Hall–Kier alpha value is -2.00. The Morgan fingerprint density at radius 2 is 1.65 bits per heavy atom. The number of primary amides is 1. The zero-order chi connectivity index (χ0) is 15.7. The van der Waals surface area contributed by atoms with Gasteiger partial charge in [-0.25, -0.2) is 0 Å². The van der Waals surface area contributed by atoms with Gasteiger partial charge in [-0.15, -0.1) is 0 Å². The Labute approximate surface area is 107 Å². The minimum absolute atomic E-state index is 0.0583. The number of benzene rings is 1. The second-order valence-electron chi connectivity index (χ2n) is 3.57. The van der Waals surface area contributed by atoms with Crippen LogP contribution in [0.15, 0.2) is 18.2 Å². The van der Waals surface area contributed by atoms with Crippen molar-refractivity contribution >= 4 is 5.91 Å². The van der Waals surface area contributed by atoms with Crippen LogP contribution in [0.25, 0.3) is 0 Å². The average Bonchev–Trinajstić information content (AvgIpc) is 2.26. The summed E-state index contributed by atoms with van der Waals surface area (Å²) in [5, 5.41) is 0. The summed E-state index contributed by atoms with van der Waals surface area (Å²) in [6, 6.07) is 0.756. The van der Waals surface area contributed by atoms with Crippen LogP contribution < -0.4 is 10.5 Å². The highest BCUT2D eigenvalue weighted by atomic mass is 19.4. The number of nitrogens with two attached hydrogens (primary N) is 1. The van der Waals surface area contributed by atoms with E-state index in [-0.39, 0.29) is 12.1 Å². The quantitative estimate of drug-likeness (QED) is 0.869. The predicted molar refractivity (Wildman–Crippen MR) is 51.5 cm³/mol. The summed E-state index contributed by atoms with van der Waals surface area (Å²) in [5.74, 6) is -2.61. The lowest BCUT2D eigenvalue weighted by atomic mass is 10.1. The average molecular weight is 305 g/mol. The molecule has 0 saturated heterocycles. The highest BCUT2D eigenvalue weighted by Crippen LogP contribution is 2.35. The fourth-order valence-corrected chi connectivity index (χ4v) is 1.17. The molecule has 0 aliphatic rings. The van der Waals surface area contributed by atoms with Crippen molar-refractivity contribution in [1.82, 2.24) is 0 Å². The molecule has 0 bridgehead atoms. The van der Waals surface area contributed by atoms with E-state index in [1.807, 2.05) is 0 Å². The number of hydrogen-bond donors (Lipinski definition) is 1. The lowest BCUT2D eigenvalue weighted by molar-refractivity contribution is -0.253. The molecule has 0 unspecified atom stereocenters. The Morgan fingerprint density at radius 1 is 1.10 bits per heavy atom. The summed E-state index contributed by atoms with van der Waals surface area (Å²) in [5.41, 5.74) is 2.38. The van der Waals surface area contributed by atoms with Gasteiger partial charge in [0.25, 0.3) is 0 Å². The maximum atomic E-state index is 12.6. The first kappa shape index (κ1) is 16.1. The summed E-state index contributed by atoms with van der Waals surface area (Å²) < 4.78 is 89.9. The van der Waals surface area contributed by atoms with Gasteiger partial charge in [0, 0.05) is 5.56 Å². The van der Waals surface area contributed by atoms with E-state index in [9.17, 15) is 35.5 Å². The van der Waals surface area contributed by atoms with Gasteiger partial charge in [0.05, 0.1) is 5.56 Å². The molecular weight excluding hydrogens is 299 g/mol. The molecule has 0 spiro atoms. The molecule has 2 N–H and O–H groups in total. The molecule has 0 aliphatic heterocycles. The maximum Gasteiger partial charge on any atom is 0.461 e. The zero-order valence-electron chi connectivity index (χ0n) is 9.35. The number of hydrogen-bond acceptors (Lipinski definition) is 2. The molecule has 1 rings (SSSR count). The van der Waals surface area contributed by atoms with Crippen molar-refractivity contribution in [2.45, 2.75) is 18.7 Å². The Balaban J connectivity index is 3.27. The van der Waals surface area contributed by atoms with Crippen molar-refractivity contribution in [2.24, 2.45) is 5.73 Å². The molecule has 0 saturated carbocycles. The van der Waals surface area contributed by atoms with Crippen LogP contribution in [-0.2, 0) is 6.18 Å². The molecule has 3 nitrogen and oxygen atoms in total. The minimum Gasteiger partial charge on any atom is -0.428 e. The molecule has 112 valence electrons. The molecule has 1 aromatic rings. The molecule has 20 heavy (non-hydrogen) atoms. The second-order valence-corrected chi connectivity index (χ2v) is 3.57. The number of carbonyl (C=O) groups excluding carboxylic acids is 1. The van der Waals surface area contributed by atoms with Gasteiger partial charge in [-0.2, -0.15) is 30.7 Å². The van der Waals surface area contributed by atoms with Crippen molar-refractivity contribution in [3.8, 4) is 5.75 Å². The highest BCUT2D eigenvalue weighted by Gasteiger charge is 2.44. The topological polar surface area (TPSA) is 52.3 Å². The predicted octanol–water partition coefficient (Wildman–Crippen LogP) is 3.04. The monoisotopic (exact) mass is 305 g/mol. The van der Waals surface area contributed by atoms with Crippen molar-refractivity contribution < 1.29 is 40.3 Å². The molecule has 1 aromatic carbocycles. The van der Waals surface area contributed by atoms with Crippen LogP contribution >= 0.6 is 0 Å². The summed E-state index contributed by atoms with van der Waals surface area (Å²) in [6.45, 7) is 0.